The van der Waals surface area contributed by atoms with Crippen LogP contribution in [0.15, 0.2) is 78.9 Å². The highest BCUT2D eigenvalue weighted by molar-refractivity contribution is 5.61. The highest BCUT2D eigenvalue weighted by Crippen LogP contribution is 2.34. The van der Waals surface area contributed by atoms with Gasteiger partial charge in [-0.2, -0.15) is 13.2 Å². The predicted molar refractivity (Wildman–Crippen MR) is 99.7 cm³/mol. The van der Waals surface area contributed by atoms with Crippen molar-refractivity contribution in [3.63, 3.8) is 0 Å². The van der Waals surface area contributed by atoms with Crippen LogP contribution in [0, 0.1) is 0 Å². The van der Waals surface area contributed by atoms with Crippen LogP contribution in [0.25, 0.3) is 0 Å². The molecule has 0 radical (unpaired) electrons. The maximum absolute atomic E-state index is 12.7. The SMILES string of the molecule is CC(C)(c1ccccc1)c1cccc(Nc2ccc(C(F)(F)F)cc2)c1. The largest absolute Gasteiger partial charge is 0.416 e. The molecule has 0 amide bonds. The molecule has 0 aliphatic carbocycles. The number of alkyl halides is 3. The van der Waals surface area contributed by atoms with E-state index in [-0.39, 0.29) is 5.41 Å². The van der Waals surface area contributed by atoms with Gasteiger partial charge in [0.05, 0.1) is 5.56 Å². The maximum Gasteiger partial charge on any atom is 0.416 e. The molecule has 134 valence electrons. The molecular formula is C22H20F3N. The second kappa shape index (κ2) is 6.87. The molecule has 3 aromatic rings. The summed E-state index contributed by atoms with van der Waals surface area (Å²) in [5.41, 5.74) is 2.95. The average molecular weight is 355 g/mol. The van der Waals surface area contributed by atoms with E-state index in [1.807, 2.05) is 36.4 Å². The summed E-state index contributed by atoms with van der Waals surface area (Å²) in [5, 5.41) is 3.18. The topological polar surface area (TPSA) is 12.0 Å². The lowest BCUT2D eigenvalue weighted by molar-refractivity contribution is -0.137. The number of rotatable bonds is 4. The molecule has 3 aromatic carbocycles. The van der Waals surface area contributed by atoms with Crippen molar-refractivity contribution in [3.05, 3.63) is 95.6 Å². The molecule has 0 spiro atoms. The Morgan fingerprint density at radius 3 is 1.85 bits per heavy atom. The molecule has 4 heteroatoms. The first-order chi connectivity index (χ1) is 12.3. The van der Waals surface area contributed by atoms with Gasteiger partial charge in [-0.15, -0.1) is 0 Å². The number of hydrogen-bond acceptors (Lipinski definition) is 1. The second-order valence-electron chi connectivity index (χ2n) is 6.77. The van der Waals surface area contributed by atoms with Crippen molar-refractivity contribution in [2.24, 2.45) is 0 Å². The van der Waals surface area contributed by atoms with Crippen molar-refractivity contribution in [1.82, 2.24) is 0 Å². The molecule has 1 N–H and O–H groups in total. The summed E-state index contributed by atoms with van der Waals surface area (Å²) in [6.07, 6.45) is -4.32. The molecule has 26 heavy (non-hydrogen) atoms. The first kappa shape index (κ1) is 18.1. The zero-order valence-corrected chi connectivity index (χ0v) is 14.6. The van der Waals surface area contributed by atoms with E-state index in [2.05, 4.69) is 37.4 Å². The zero-order valence-electron chi connectivity index (χ0n) is 14.6. The molecule has 0 saturated carbocycles. The van der Waals surface area contributed by atoms with Gasteiger partial charge in [-0.3, -0.25) is 0 Å². The van der Waals surface area contributed by atoms with Gasteiger partial charge in [0, 0.05) is 16.8 Å². The highest BCUT2D eigenvalue weighted by Gasteiger charge is 2.30. The fourth-order valence-corrected chi connectivity index (χ4v) is 2.92. The minimum absolute atomic E-state index is 0.181. The Labute approximate surface area is 151 Å². The standard InChI is InChI=1S/C22H20F3N/c1-21(2,16-7-4-3-5-8-16)18-9-6-10-20(15-18)26-19-13-11-17(12-14-19)22(23,24)25/h3-15,26H,1-2H3. The molecule has 0 aromatic heterocycles. The van der Waals surface area contributed by atoms with E-state index in [4.69, 9.17) is 0 Å². The monoisotopic (exact) mass is 355 g/mol. The van der Waals surface area contributed by atoms with Gasteiger partial charge >= 0.3 is 6.18 Å². The van der Waals surface area contributed by atoms with Crippen molar-refractivity contribution < 1.29 is 13.2 Å². The summed E-state index contributed by atoms with van der Waals surface area (Å²) in [6.45, 7) is 4.30. The minimum atomic E-state index is -4.32. The van der Waals surface area contributed by atoms with Crippen molar-refractivity contribution in [3.8, 4) is 0 Å². The van der Waals surface area contributed by atoms with E-state index in [0.717, 1.165) is 23.4 Å². The third kappa shape index (κ3) is 3.90. The Balaban J connectivity index is 1.84. The van der Waals surface area contributed by atoms with Gasteiger partial charge in [0.2, 0.25) is 0 Å². The van der Waals surface area contributed by atoms with Crippen LogP contribution in [0.5, 0.6) is 0 Å². The van der Waals surface area contributed by atoms with Crippen LogP contribution in [0.4, 0.5) is 24.5 Å². The number of benzene rings is 3. The highest BCUT2D eigenvalue weighted by atomic mass is 19.4. The number of halogens is 3. The second-order valence-corrected chi connectivity index (χ2v) is 6.77. The van der Waals surface area contributed by atoms with Crippen LogP contribution in [0.2, 0.25) is 0 Å². The van der Waals surface area contributed by atoms with Crippen molar-refractivity contribution in [1.29, 1.82) is 0 Å². The molecule has 0 unspecified atom stereocenters. The molecule has 0 fully saturated rings. The Morgan fingerprint density at radius 1 is 0.615 bits per heavy atom. The third-order valence-corrected chi connectivity index (χ3v) is 4.58. The van der Waals surface area contributed by atoms with Gasteiger partial charge in [-0.25, -0.2) is 0 Å². The molecule has 0 heterocycles. The van der Waals surface area contributed by atoms with Crippen LogP contribution in [0.1, 0.15) is 30.5 Å². The minimum Gasteiger partial charge on any atom is -0.356 e. The summed E-state index contributed by atoms with van der Waals surface area (Å²) in [6, 6.07) is 23.2. The first-order valence-corrected chi connectivity index (χ1v) is 8.37. The molecule has 0 bridgehead atoms. The molecule has 1 nitrogen and oxygen atoms in total. The van der Waals surface area contributed by atoms with E-state index in [9.17, 15) is 13.2 Å². The van der Waals surface area contributed by atoms with Crippen molar-refractivity contribution >= 4 is 11.4 Å². The molecule has 3 rings (SSSR count). The van der Waals surface area contributed by atoms with Crippen molar-refractivity contribution in [2.45, 2.75) is 25.4 Å². The van der Waals surface area contributed by atoms with E-state index in [0.29, 0.717) is 5.69 Å². The van der Waals surface area contributed by atoms with Crippen LogP contribution < -0.4 is 5.32 Å². The van der Waals surface area contributed by atoms with Gasteiger partial charge in [0.15, 0.2) is 0 Å². The van der Waals surface area contributed by atoms with Crippen LogP contribution in [0.3, 0.4) is 0 Å². The van der Waals surface area contributed by atoms with Crippen molar-refractivity contribution in [2.75, 3.05) is 5.32 Å². The van der Waals surface area contributed by atoms with Crippen LogP contribution in [-0.4, -0.2) is 0 Å². The van der Waals surface area contributed by atoms with E-state index >= 15 is 0 Å². The molecule has 0 saturated heterocycles. The summed E-state index contributed by atoms with van der Waals surface area (Å²) < 4.78 is 38.0. The van der Waals surface area contributed by atoms with E-state index < -0.39 is 11.7 Å². The van der Waals surface area contributed by atoms with Gasteiger partial charge in [-0.05, 0) is 47.5 Å². The lowest BCUT2D eigenvalue weighted by atomic mass is 9.78. The quantitative estimate of drug-likeness (QED) is 0.544. The van der Waals surface area contributed by atoms with Gasteiger partial charge in [0.25, 0.3) is 0 Å². The molecular weight excluding hydrogens is 335 g/mol. The van der Waals surface area contributed by atoms with E-state index in [1.165, 1.54) is 17.7 Å². The summed E-state index contributed by atoms with van der Waals surface area (Å²) in [7, 11) is 0. The van der Waals surface area contributed by atoms with Gasteiger partial charge < -0.3 is 5.32 Å². The molecule has 0 aliphatic heterocycles. The Kier molecular flexibility index (Phi) is 4.77. The summed E-state index contributed by atoms with van der Waals surface area (Å²) in [5.74, 6) is 0. The average Bonchev–Trinajstić information content (AvgIpc) is 2.62. The van der Waals surface area contributed by atoms with Gasteiger partial charge in [-0.1, -0.05) is 56.3 Å². The smallest absolute Gasteiger partial charge is 0.356 e. The van der Waals surface area contributed by atoms with Crippen LogP contribution in [-0.2, 0) is 11.6 Å². The Hall–Kier alpha value is -2.75. The lowest BCUT2D eigenvalue weighted by Gasteiger charge is -2.26. The molecule has 0 atom stereocenters. The number of nitrogens with one attached hydrogen (secondary N) is 1. The maximum atomic E-state index is 12.7. The van der Waals surface area contributed by atoms with Crippen LogP contribution >= 0.6 is 0 Å². The fraction of sp³-hybridized carbons (Fsp3) is 0.182. The van der Waals surface area contributed by atoms with E-state index in [1.54, 1.807) is 0 Å². The number of anilines is 2. The third-order valence-electron chi connectivity index (χ3n) is 4.58. The summed E-state index contributed by atoms with van der Waals surface area (Å²) in [4.78, 5) is 0. The van der Waals surface area contributed by atoms with Gasteiger partial charge in [0.1, 0.15) is 0 Å². The fourth-order valence-electron chi connectivity index (χ4n) is 2.92. The normalized spacial score (nSPS) is 12.0. The predicted octanol–water partition coefficient (Wildman–Crippen LogP) is 6.77. The lowest BCUT2D eigenvalue weighted by Crippen LogP contribution is -2.18. The Bertz CT molecular complexity index is 866. The zero-order chi connectivity index (χ0) is 18.8. The number of hydrogen-bond donors (Lipinski definition) is 1. The Morgan fingerprint density at radius 2 is 1.23 bits per heavy atom. The first-order valence-electron chi connectivity index (χ1n) is 8.37. The molecule has 0 aliphatic rings. The summed E-state index contributed by atoms with van der Waals surface area (Å²) >= 11 is 0.